The lowest BCUT2D eigenvalue weighted by atomic mass is 10.2. The first-order valence-corrected chi connectivity index (χ1v) is 4.92. The summed E-state index contributed by atoms with van der Waals surface area (Å²) >= 11 is 0. The summed E-state index contributed by atoms with van der Waals surface area (Å²) in [6, 6.07) is -1.23. The molecule has 17 heavy (non-hydrogen) atoms. The number of carbonyl (C=O) groups excluding carboxylic acids is 2. The standard InChI is InChI=1S/C10H15N3O4/c1-3-7(4-2)12-10(17)13(5-8(11)14)6-9(15)16/h1,7H,4-6H2,2H3,(H2,11,14)(H,12,17)(H,15,16). The van der Waals surface area contributed by atoms with E-state index in [4.69, 9.17) is 17.3 Å². The van der Waals surface area contributed by atoms with Gasteiger partial charge >= 0.3 is 12.0 Å². The molecule has 0 rings (SSSR count). The van der Waals surface area contributed by atoms with Crippen LogP contribution in [0.25, 0.3) is 0 Å². The highest BCUT2D eigenvalue weighted by Gasteiger charge is 2.20. The van der Waals surface area contributed by atoms with Crippen molar-refractivity contribution in [2.24, 2.45) is 5.73 Å². The van der Waals surface area contributed by atoms with Crippen molar-refractivity contribution in [3.05, 3.63) is 0 Å². The molecule has 0 bridgehead atoms. The number of terminal acetylenes is 1. The van der Waals surface area contributed by atoms with Crippen molar-refractivity contribution in [1.82, 2.24) is 10.2 Å². The zero-order valence-corrected chi connectivity index (χ0v) is 9.47. The Labute approximate surface area is 99.0 Å². The third-order valence-corrected chi connectivity index (χ3v) is 1.87. The Morgan fingerprint density at radius 2 is 2.06 bits per heavy atom. The summed E-state index contributed by atoms with van der Waals surface area (Å²) in [5, 5.41) is 11.0. The number of hydrogen-bond donors (Lipinski definition) is 3. The lowest BCUT2D eigenvalue weighted by Crippen LogP contribution is -2.49. The van der Waals surface area contributed by atoms with Crippen molar-refractivity contribution in [3.8, 4) is 12.3 Å². The number of carboxylic acid groups (broad SMARTS) is 1. The largest absolute Gasteiger partial charge is 0.480 e. The van der Waals surface area contributed by atoms with E-state index in [9.17, 15) is 14.4 Å². The smallest absolute Gasteiger partial charge is 0.323 e. The van der Waals surface area contributed by atoms with Gasteiger partial charge in [-0.2, -0.15) is 0 Å². The van der Waals surface area contributed by atoms with Crippen molar-refractivity contribution in [2.45, 2.75) is 19.4 Å². The molecule has 0 aromatic carbocycles. The van der Waals surface area contributed by atoms with Crippen LogP contribution in [0, 0.1) is 12.3 Å². The van der Waals surface area contributed by atoms with Gasteiger partial charge in [-0.3, -0.25) is 9.59 Å². The van der Waals surface area contributed by atoms with E-state index in [2.05, 4.69) is 11.2 Å². The minimum absolute atomic E-state index is 0.473. The molecule has 1 atom stereocenters. The molecule has 94 valence electrons. The molecule has 0 aliphatic heterocycles. The van der Waals surface area contributed by atoms with Crippen LogP contribution in [0.4, 0.5) is 4.79 Å². The van der Waals surface area contributed by atoms with Crippen LogP contribution in [0.15, 0.2) is 0 Å². The highest BCUT2D eigenvalue weighted by molar-refractivity contribution is 5.86. The van der Waals surface area contributed by atoms with E-state index in [1.165, 1.54) is 0 Å². The average Bonchev–Trinajstić information content (AvgIpc) is 2.23. The van der Waals surface area contributed by atoms with Crippen LogP contribution in [0.1, 0.15) is 13.3 Å². The van der Waals surface area contributed by atoms with Crippen LogP contribution in [0.5, 0.6) is 0 Å². The molecule has 0 saturated heterocycles. The molecule has 3 amide bonds. The molecule has 0 fully saturated rings. The number of nitrogens with zero attached hydrogens (tertiary/aromatic N) is 1. The van der Waals surface area contributed by atoms with Gasteiger partial charge in [-0.05, 0) is 6.42 Å². The SMILES string of the molecule is C#CC(CC)NC(=O)N(CC(N)=O)CC(=O)O. The first-order valence-electron chi connectivity index (χ1n) is 4.92. The molecule has 7 heteroatoms. The Bertz CT molecular complexity index is 332. The Balaban J connectivity index is 4.57. The van der Waals surface area contributed by atoms with Crippen molar-refractivity contribution in [2.75, 3.05) is 13.1 Å². The zero-order chi connectivity index (χ0) is 13.4. The fourth-order valence-electron chi connectivity index (χ4n) is 1.05. The van der Waals surface area contributed by atoms with E-state index < -0.39 is 37.0 Å². The maximum absolute atomic E-state index is 11.6. The van der Waals surface area contributed by atoms with E-state index in [0.29, 0.717) is 6.42 Å². The minimum Gasteiger partial charge on any atom is -0.480 e. The number of nitrogens with two attached hydrogens (primary N) is 1. The van der Waals surface area contributed by atoms with E-state index in [1.807, 2.05) is 0 Å². The second-order valence-corrected chi connectivity index (χ2v) is 3.29. The van der Waals surface area contributed by atoms with Gasteiger partial charge in [-0.25, -0.2) is 4.79 Å². The molecule has 0 saturated carbocycles. The molecule has 4 N–H and O–H groups in total. The molecule has 1 unspecified atom stereocenters. The van der Waals surface area contributed by atoms with Crippen LogP contribution in [-0.2, 0) is 9.59 Å². The van der Waals surface area contributed by atoms with Crippen molar-refractivity contribution < 1.29 is 19.5 Å². The van der Waals surface area contributed by atoms with Gasteiger partial charge in [0.2, 0.25) is 5.91 Å². The van der Waals surface area contributed by atoms with Gasteiger partial charge in [0.05, 0.1) is 6.04 Å². The predicted octanol–water partition coefficient (Wildman–Crippen LogP) is -1.02. The Kier molecular flexibility index (Phi) is 6.18. The number of primary amides is 1. The molecular weight excluding hydrogens is 226 g/mol. The van der Waals surface area contributed by atoms with Crippen LogP contribution >= 0.6 is 0 Å². The van der Waals surface area contributed by atoms with Crippen molar-refractivity contribution in [1.29, 1.82) is 0 Å². The first-order chi connectivity index (χ1) is 7.90. The van der Waals surface area contributed by atoms with Crippen LogP contribution in [0.2, 0.25) is 0 Å². The van der Waals surface area contributed by atoms with Crippen molar-refractivity contribution >= 4 is 17.9 Å². The molecular formula is C10H15N3O4. The van der Waals surface area contributed by atoms with Gasteiger partial charge in [0.25, 0.3) is 0 Å². The average molecular weight is 241 g/mol. The van der Waals surface area contributed by atoms with E-state index in [-0.39, 0.29) is 0 Å². The molecule has 0 heterocycles. The van der Waals surface area contributed by atoms with E-state index in [1.54, 1.807) is 6.92 Å². The van der Waals surface area contributed by atoms with Crippen LogP contribution < -0.4 is 11.1 Å². The van der Waals surface area contributed by atoms with E-state index in [0.717, 1.165) is 4.90 Å². The number of rotatable bonds is 6. The summed E-state index contributed by atoms with van der Waals surface area (Å²) in [6.07, 6.45) is 5.64. The Hall–Kier alpha value is -2.23. The van der Waals surface area contributed by atoms with Gasteiger partial charge in [0.1, 0.15) is 13.1 Å². The summed E-state index contributed by atoms with van der Waals surface area (Å²) in [5.41, 5.74) is 4.91. The lowest BCUT2D eigenvalue weighted by molar-refractivity contribution is -0.137. The summed E-state index contributed by atoms with van der Waals surface area (Å²) in [5.74, 6) is 0.285. The summed E-state index contributed by atoms with van der Waals surface area (Å²) in [4.78, 5) is 33.6. The number of carboxylic acids is 1. The number of amides is 3. The number of carbonyl (C=O) groups is 3. The fraction of sp³-hybridized carbons (Fsp3) is 0.500. The molecule has 0 aliphatic rings. The highest BCUT2D eigenvalue weighted by atomic mass is 16.4. The zero-order valence-electron chi connectivity index (χ0n) is 9.47. The first kappa shape index (κ1) is 14.8. The fourth-order valence-corrected chi connectivity index (χ4v) is 1.05. The number of aliphatic carboxylic acids is 1. The lowest BCUT2D eigenvalue weighted by Gasteiger charge is -2.21. The number of urea groups is 1. The van der Waals surface area contributed by atoms with Gasteiger partial charge in [-0.1, -0.05) is 12.8 Å². The third kappa shape index (κ3) is 6.04. The summed E-state index contributed by atoms with van der Waals surface area (Å²) in [7, 11) is 0. The van der Waals surface area contributed by atoms with Gasteiger partial charge < -0.3 is 21.1 Å². The second kappa shape index (κ2) is 7.11. The van der Waals surface area contributed by atoms with Crippen molar-refractivity contribution in [3.63, 3.8) is 0 Å². The molecule has 0 spiro atoms. The predicted molar refractivity (Wildman–Crippen MR) is 59.8 cm³/mol. The topological polar surface area (TPSA) is 113 Å². The molecule has 0 aliphatic carbocycles. The Morgan fingerprint density at radius 3 is 2.41 bits per heavy atom. The summed E-state index contributed by atoms with van der Waals surface area (Å²) in [6.45, 7) is 0.676. The monoisotopic (exact) mass is 241 g/mol. The third-order valence-electron chi connectivity index (χ3n) is 1.87. The molecule has 0 radical (unpaired) electrons. The van der Waals surface area contributed by atoms with Crippen LogP contribution in [0.3, 0.4) is 0 Å². The molecule has 0 aromatic rings. The quantitative estimate of drug-likeness (QED) is 0.516. The molecule has 0 aromatic heterocycles. The maximum atomic E-state index is 11.6. The Morgan fingerprint density at radius 1 is 1.47 bits per heavy atom. The molecule has 7 nitrogen and oxygen atoms in total. The highest BCUT2D eigenvalue weighted by Crippen LogP contribution is 1.94. The van der Waals surface area contributed by atoms with E-state index >= 15 is 0 Å². The minimum atomic E-state index is -1.24. The number of nitrogens with one attached hydrogen (secondary N) is 1. The maximum Gasteiger partial charge on any atom is 0.323 e. The summed E-state index contributed by atoms with van der Waals surface area (Å²) < 4.78 is 0. The normalized spacial score (nSPS) is 11.1. The van der Waals surface area contributed by atoms with Crippen LogP contribution in [-0.4, -0.2) is 47.0 Å². The van der Waals surface area contributed by atoms with Gasteiger partial charge in [0, 0.05) is 0 Å². The van der Waals surface area contributed by atoms with Gasteiger partial charge in [-0.15, -0.1) is 6.42 Å². The van der Waals surface area contributed by atoms with Gasteiger partial charge in [0.15, 0.2) is 0 Å². The second-order valence-electron chi connectivity index (χ2n) is 3.29. The number of hydrogen-bond acceptors (Lipinski definition) is 3.